The van der Waals surface area contributed by atoms with Crippen LogP contribution in [-0.2, 0) is 18.2 Å². The third-order valence-electron chi connectivity index (χ3n) is 5.94. The maximum Gasteiger partial charge on any atom is 0.274 e. The van der Waals surface area contributed by atoms with Crippen LogP contribution in [0.25, 0.3) is 0 Å². The Morgan fingerprint density at radius 3 is 2.89 bits per heavy atom. The van der Waals surface area contributed by atoms with Crippen LogP contribution < -0.4 is 0 Å². The number of aryl methyl sites for hydroxylation is 2. The first kappa shape index (κ1) is 19.1. The summed E-state index contributed by atoms with van der Waals surface area (Å²) in [4.78, 5) is 19.0. The molecule has 0 N–H and O–H groups in total. The van der Waals surface area contributed by atoms with E-state index >= 15 is 0 Å². The molecule has 2 aliphatic rings. The van der Waals surface area contributed by atoms with Crippen LogP contribution in [0.4, 0.5) is 0 Å². The van der Waals surface area contributed by atoms with E-state index in [1.54, 1.807) is 4.68 Å². The van der Waals surface area contributed by atoms with Crippen molar-refractivity contribution in [3.05, 3.63) is 29.2 Å². The van der Waals surface area contributed by atoms with Gasteiger partial charge in [0.1, 0.15) is 0 Å². The SMILES string of the molecule is Cc1cc(C(=O)N2CCC(c3nc(CCOCC4CCCC4)no3)C2)nn1C. The van der Waals surface area contributed by atoms with Gasteiger partial charge < -0.3 is 14.2 Å². The van der Waals surface area contributed by atoms with Gasteiger partial charge in [-0.25, -0.2) is 0 Å². The standard InChI is InChI=1S/C20H29N5O3/c1-14-11-17(22-24(14)2)20(26)25-9-7-16(12-25)19-21-18(23-28-19)8-10-27-13-15-5-3-4-6-15/h11,15-16H,3-10,12-13H2,1-2H3. The van der Waals surface area contributed by atoms with Crippen LogP contribution >= 0.6 is 0 Å². The van der Waals surface area contributed by atoms with Crippen LogP contribution in [0.3, 0.4) is 0 Å². The lowest BCUT2D eigenvalue weighted by Gasteiger charge is -2.13. The first-order valence-corrected chi connectivity index (χ1v) is 10.3. The molecule has 1 saturated carbocycles. The second-order valence-corrected chi connectivity index (χ2v) is 8.06. The molecule has 1 unspecified atom stereocenters. The Bertz CT molecular complexity index is 789. The zero-order valence-electron chi connectivity index (χ0n) is 16.8. The largest absolute Gasteiger partial charge is 0.381 e. The fourth-order valence-electron chi connectivity index (χ4n) is 4.10. The molecule has 4 rings (SSSR count). The first-order valence-electron chi connectivity index (χ1n) is 10.3. The van der Waals surface area contributed by atoms with Gasteiger partial charge in [0.15, 0.2) is 11.5 Å². The summed E-state index contributed by atoms with van der Waals surface area (Å²) in [6.45, 7) is 4.69. The van der Waals surface area contributed by atoms with E-state index < -0.39 is 0 Å². The number of rotatable bonds is 7. The zero-order valence-corrected chi connectivity index (χ0v) is 16.8. The number of carbonyl (C=O) groups is 1. The van der Waals surface area contributed by atoms with Gasteiger partial charge in [0.25, 0.3) is 5.91 Å². The van der Waals surface area contributed by atoms with E-state index in [4.69, 9.17) is 9.26 Å². The summed E-state index contributed by atoms with van der Waals surface area (Å²) < 4.78 is 13.0. The minimum atomic E-state index is -0.0359. The second kappa shape index (κ2) is 8.43. The zero-order chi connectivity index (χ0) is 19.5. The summed E-state index contributed by atoms with van der Waals surface area (Å²) >= 11 is 0. The molecule has 1 aliphatic carbocycles. The van der Waals surface area contributed by atoms with E-state index in [1.165, 1.54) is 25.7 Å². The highest BCUT2D eigenvalue weighted by atomic mass is 16.5. The predicted octanol–water partition coefficient (Wildman–Crippen LogP) is 2.49. The highest BCUT2D eigenvalue weighted by molar-refractivity contribution is 5.92. The average molecular weight is 387 g/mol. The third kappa shape index (κ3) is 4.27. The van der Waals surface area contributed by atoms with Crippen molar-refractivity contribution in [1.82, 2.24) is 24.8 Å². The molecule has 28 heavy (non-hydrogen) atoms. The maximum absolute atomic E-state index is 12.6. The number of aromatic nitrogens is 4. The highest BCUT2D eigenvalue weighted by Crippen LogP contribution is 2.27. The van der Waals surface area contributed by atoms with Crippen LogP contribution in [0.1, 0.15) is 65.9 Å². The molecule has 8 nitrogen and oxygen atoms in total. The monoisotopic (exact) mass is 387 g/mol. The lowest BCUT2D eigenvalue weighted by molar-refractivity contribution is 0.0783. The quantitative estimate of drug-likeness (QED) is 0.679. The minimum Gasteiger partial charge on any atom is -0.381 e. The molecule has 0 radical (unpaired) electrons. The number of nitrogens with zero attached hydrogens (tertiary/aromatic N) is 5. The molecule has 2 aromatic rings. The first-order chi connectivity index (χ1) is 13.6. The van der Waals surface area contributed by atoms with Gasteiger partial charge in [0, 0.05) is 38.9 Å². The molecule has 1 saturated heterocycles. The number of ether oxygens (including phenoxy) is 1. The maximum atomic E-state index is 12.6. The molecule has 2 aromatic heterocycles. The fraction of sp³-hybridized carbons (Fsp3) is 0.700. The predicted molar refractivity (Wildman–Crippen MR) is 102 cm³/mol. The van der Waals surface area contributed by atoms with Gasteiger partial charge >= 0.3 is 0 Å². The topological polar surface area (TPSA) is 86.3 Å². The van der Waals surface area contributed by atoms with Gasteiger partial charge in [0.2, 0.25) is 5.89 Å². The van der Waals surface area contributed by atoms with Gasteiger partial charge in [-0.1, -0.05) is 18.0 Å². The summed E-state index contributed by atoms with van der Waals surface area (Å²) in [5, 5.41) is 8.37. The van der Waals surface area contributed by atoms with Gasteiger partial charge in [-0.15, -0.1) is 0 Å². The molecule has 0 spiro atoms. The second-order valence-electron chi connectivity index (χ2n) is 8.06. The Kier molecular flexibility index (Phi) is 5.75. The average Bonchev–Trinajstić information content (AvgIpc) is 3.47. The van der Waals surface area contributed by atoms with Gasteiger partial charge in [-0.3, -0.25) is 9.48 Å². The fourth-order valence-corrected chi connectivity index (χ4v) is 4.10. The van der Waals surface area contributed by atoms with E-state index in [-0.39, 0.29) is 11.8 Å². The van der Waals surface area contributed by atoms with Gasteiger partial charge in [-0.05, 0) is 38.2 Å². The van der Waals surface area contributed by atoms with Crippen LogP contribution in [0.15, 0.2) is 10.6 Å². The van der Waals surface area contributed by atoms with Gasteiger partial charge in [-0.2, -0.15) is 10.1 Å². The van der Waals surface area contributed by atoms with Crippen LogP contribution in [0, 0.1) is 12.8 Å². The van der Waals surface area contributed by atoms with Crippen LogP contribution in [-0.4, -0.2) is 57.0 Å². The van der Waals surface area contributed by atoms with Crippen molar-refractivity contribution >= 4 is 5.91 Å². The third-order valence-corrected chi connectivity index (χ3v) is 5.94. The van der Waals surface area contributed by atoms with Crippen molar-refractivity contribution < 1.29 is 14.1 Å². The number of carbonyl (C=O) groups excluding carboxylic acids is 1. The molecule has 8 heteroatoms. The van der Waals surface area contributed by atoms with E-state index in [0.717, 1.165) is 24.6 Å². The molecule has 2 fully saturated rings. The lowest BCUT2D eigenvalue weighted by atomic mass is 10.1. The Hall–Kier alpha value is -2.22. The van der Waals surface area contributed by atoms with Crippen molar-refractivity contribution in [2.45, 2.75) is 51.4 Å². The molecule has 152 valence electrons. The molecular weight excluding hydrogens is 358 g/mol. The van der Waals surface area contributed by atoms with Crippen molar-refractivity contribution in [3.8, 4) is 0 Å². The highest BCUT2D eigenvalue weighted by Gasteiger charge is 2.32. The van der Waals surface area contributed by atoms with Crippen molar-refractivity contribution in [2.24, 2.45) is 13.0 Å². The summed E-state index contributed by atoms with van der Waals surface area (Å²) in [5.41, 5.74) is 1.46. The molecule has 0 aromatic carbocycles. The molecule has 1 aliphatic heterocycles. The van der Waals surface area contributed by atoms with E-state index in [9.17, 15) is 4.79 Å². The van der Waals surface area contributed by atoms with Crippen LogP contribution in [0.5, 0.6) is 0 Å². The van der Waals surface area contributed by atoms with E-state index in [0.29, 0.717) is 43.5 Å². The lowest BCUT2D eigenvalue weighted by Crippen LogP contribution is -2.29. The van der Waals surface area contributed by atoms with Crippen LogP contribution in [0.2, 0.25) is 0 Å². The molecule has 3 heterocycles. The normalized spacial score (nSPS) is 20.4. The summed E-state index contributed by atoms with van der Waals surface area (Å²) in [6, 6.07) is 1.83. The van der Waals surface area contributed by atoms with Crippen molar-refractivity contribution in [1.29, 1.82) is 0 Å². The molecule has 1 atom stereocenters. The summed E-state index contributed by atoms with van der Waals surface area (Å²) in [7, 11) is 1.84. The Balaban J connectivity index is 1.25. The molecular formula is C20H29N5O3. The Morgan fingerprint density at radius 2 is 2.14 bits per heavy atom. The van der Waals surface area contributed by atoms with Crippen molar-refractivity contribution in [3.63, 3.8) is 0 Å². The molecule has 0 bridgehead atoms. The summed E-state index contributed by atoms with van der Waals surface area (Å²) in [5.74, 6) is 2.09. The minimum absolute atomic E-state index is 0.0359. The smallest absolute Gasteiger partial charge is 0.274 e. The summed E-state index contributed by atoms with van der Waals surface area (Å²) in [6.07, 6.45) is 6.75. The molecule has 1 amide bonds. The number of likely N-dealkylation sites (tertiary alicyclic amines) is 1. The Labute approximate surface area is 165 Å². The van der Waals surface area contributed by atoms with Crippen molar-refractivity contribution in [2.75, 3.05) is 26.3 Å². The van der Waals surface area contributed by atoms with E-state index in [2.05, 4.69) is 15.2 Å². The van der Waals surface area contributed by atoms with E-state index in [1.807, 2.05) is 24.9 Å². The number of amides is 1. The number of hydrogen-bond donors (Lipinski definition) is 0. The Morgan fingerprint density at radius 1 is 1.32 bits per heavy atom. The van der Waals surface area contributed by atoms with Gasteiger partial charge in [0.05, 0.1) is 12.5 Å². The number of hydrogen-bond acceptors (Lipinski definition) is 6.